The van der Waals surface area contributed by atoms with Gasteiger partial charge in [0, 0.05) is 40.0 Å². The molecule has 1 aromatic carbocycles. The maximum Gasteiger partial charge on any atom is 0.426 e. The van der Waals surface area contributed by atoms with Gasteiger partial charge in [-0.3, -0.25) is 9.59 Å². The van der Waals surface area contributed by atoms with Crippen LogP contribution in [-0.4, -0.2) is 81.4 Å². The van der Waals surface area contributed by atoms with E-state index in [1.807, 2.05) is 13.8 Å². The third kappa shape index (κ3) is 11.5. The molecule has 0 bridgehead atoms. The predicted molar refractivity (Wildman–Crippen MR) is 144 cm³/mol. The number of hydrogen-bond acceptors (Lipinski definition) is 7. The molecule has 0 radical (unpaired) electrons. The van der Waals surface area contributed by atoms with E-state index in [4.69, 9.17) is 15.2 Å². The van der Waals surface area contributed by atoms with Crippen molar-refractivity contribution in [2.24, 2.45) is 17.6 Å². The summed E-state index contributed by atoms with van der Waals surface area (Å²) in [6.07, 6.45) is -4.37. The van der Waals surface area contributed by atoms with Crippen LogP contribution in [0.1, 0.15) is 50.4 Å². The Labute approximate surface area is 234 Å². The third-order valence-electron chi connectivity index (χ3n) is 6.52. The smallest absolute Gasteiger partial charge is 0.426 e. The zero-order chi connectivity index (χ0) is 28.9. The summed E-state index contributed by atoms with van der Waals surface area (Å²) in [7, 11) is 2.41. The molecule has 2 amide bonds. The molecule has 0 saturated heterocycles. The number of carbonyl (C=O) groups is 2. The molecule has 0 heterocycles. The molecular formula is C26H43ClF3N3O6. The average molecular weight is 586 g/mol. The number of unbranched alkanes of at least 4 members (excludes halogenated alkanes) is 1. The van der Waals surface area contributed by atoms with Gasteiger partial charge in [0.1, 0.15) is 5.75 Å². The number of ether oxygens (including phenoxy) is 3. The van der Waals surface area contributed by atoms with Gasteiger partial charge in [0.05, 0.1) is 18.3 Å². The highest BCUT2D eigenvalue weighted by Crippen LogP contribution is 2.33. The number of nitrogens with two attached hydrogens (primary N) is 1. The van der Waals surface area contributed by atoms with Crippen LogP contribution in [0.5, 0.6) is 5.75 Å². The van der Waals surface area contributed by atoms with Crippen LogP contribution in [0.2, 0.25) is 0 Å². The fourth-order valence-electron chi connectivity index (χ4n) is 3.58. The van der Waals surface area contributed by atoms with E-state index in [1.165, 1.54) is 0 Å². The number of alkyl halides is 3. The highest BCUT2D eigenvalue weighted by molar-refractivity contribution is 5.96. The molecule has 226 valence electrons. The predicted octanol–water partition coefficient (Wildman–Crippen LogP) is 3.08. The van der Waals surface area contributed by atoms with Crippen molar-refractivity contribution < 1.29 is 42.1 Å². The topological polar surface area (TPSA) is 132 Å². The molecule has 0 aromatic heterocycles. The second-order valence-corrected chi connectivity index (χ2v) is 9.67. The molecule has 13 heteroatoms. The van der Waals surface area contributed by atoms with Crippen LogP contribution >= 0.6 is 12.4 Å². The van der Waals surface area contributed by atoms with Gasteiger partial charge in [-0.05, 0) is 50.2 Å². The maximum absolute atomic E-state index is 13.2. The first kappa shape index (κ1) is 36.9. The molecule has 5 N–H and O–H groups in total. The number of halogens is 4. The Morgan fingerprint density at radius 2 is 1.67 bits per heavy atom. The molecule has 0 aliphatic heterocycles. The number of para-hydroxylation sites is 1. The Morgan fingerprint density at radius 1 is 1.05 bits per heavy atom. The number of aliphatic hydroxyl groups is 1. The van der Waals surface area contributed by atoms with E-state index in [0.29, 0.717) is 31.5 Å². The molecule has 0 unspecified atom stereocenters. The molecule has 0 saturated carbocycles. The first-order valence-electron chi connectivity index (χ1n) is 12.6. The molecule has 9 nitrogen and oxygen atoms in total. The van der Waals surface area contributed by atoms with Crippen LogP contribution in [0.4, 0.5) is 13.2 Å². The molecule has 0 spiro atoms. The minimum absolute atomic E-state index is 0. The maximum atomic E-state index is 13.2. The largest absolute Gasteiger partial charge is 0.493 e. The van der Waals surface area contributed by atoms with E-state index in [-0.39, 0.29) is 43.1 Å². The molecule has 0 fully saturated rings. The lowest BCUT2D eigenvalue weighted by Gasteiger charge is -2.31. The number of hydrogen-bond donors (Lipinski definition) is 4. The number of amides is 2. The summed E-state index contributed by atoms with van der Waals surface area (Å²) in [6, 6.07) is 6.04. The van der Waals surface area contributed by atoms with Crippen molar-refractivity contribution in [3.63, 3.8) is 0 Å². The van der Waals surface area contributed by atoms with E-state index in [0.717, 1.165) is 20.0 Å². The first-order valence-corrected chi connectivity index (χ1v) is 12.6. The normalized spacial score (nSPS) is 15.5. The Balaban J connectivity index is 0.0000144. The van der Waals surface area contributed by atoms with Gasteiger partial charge < -0.3 is 35.7 Å². The van der Waals surface area contributed by atoms with E-state index < -0.39 is 36.4 Å². The zero-order valence-electron chi connectivity index (χ0n) is 23.2. The van der Waals surface area contributed by atoms with Crippen LogP contribution in [0.25, 0.3) is 0 Å². The van der Waals surface area contributed by atoms with E-state index in [9.17, 15) is 27.9 Å². The summed E-state index contributed by atoms with van der Waals surface area (Å²) in [4.78, 5) is 25.0. The summed E-state index contributed by atoms with van der Waals surface area (Å²) >= 11 is 0. The van der Waals surface area contributed by atoms with Gasteiger partial charge in [-0.25, -0.2) is 0 Å². The van der Waals surface area contributed by atoms with Gasteiger partial charge in [0.2, 0.25) is 5.60 Å². The lowest BCUT2D eigenvalue weighted by Crippen LogP contribution is -2.58. The minimum atomic E-state index is -4.94. The van der Waals surface area contributed by atoms with Crippen LogP contribution in [0.3, 0.4) is 0 Å². The van der Waals surface area contributed by atoms with Gasteiger partial charge in [-0.1, -0.05) is 26.0 Å². The molecule has 39 heavy (non-hydrogen) atoms. The second-order valence-electron chi connectivity index (χ2n) is 9.67. The quantitative estimate of drug-likeness (QED) is 0.207. The van der Waals surface area contributed by atoms with Crippen molar-refractivity contribution in [1.29, 1.82) is 0 Å². The first-order chi connectivity index (χ1) is 17.8. The Kier molecular flexibility index (Phi) is 16.6. The molecule has 4 atom stereocenters. The number of rotatable bonds is 17. The average Bonchev–Trinajstić information content (AvgIpc) is 2.87. The lowest BCUT2D eigenvalue weighted by atomic mass is 9.87. The van der Waals surface area contributed by atoms with E-state index in [1.54, 1.807) is 31.4 Å². The van der Waals surface area contributed by atoms with Crippen molar-refractivity contribution in [3.05, 3.63) is 29.8 Å². The van der Waals surface area contributed by atoms with Crippen molar-refractivity contribution >= 4 is 24.2 Å². The van der Waals surface area contributed by atoms with Crippen molar-refractivity contribution in [3.8, 4) is 5.75 Å². The highest BCUT2D eigenvalue weighted by atomic mass is 35.5. The second kappa shape index (κ2) is 17.5. The Morgan fingerprint density at radius 3 is 2.23 bits per heavy atom. The minimum Gasteiger partial charge on any atom is -0.493 e. The van der Waals surface area contributed by atoms with Crippen LogP contribution in [0, 0.1) is 11.8 Å². The highest BCUT2D eigenvalue weighted by Gasteiger charge is 2.57. The van der Waals surface area contributed by atoms with Gasteiger partial charge in [0.15, 0.2) is 0 Å². The lowest BCUT2D eigenvalue weighted by molar-refractivity contribution is -0.253. The number of methoxy groups -OCH3 is 2. The van der Waals surface area contributed by atoms with Crippen molar-refractivity contribution in [2.45, 2.75) is 64.0 Å². The monoisotopic (exact) mass is 585 g/mol. The molecule has 1 aromatic rings. The number of carbonyl (C=O) groups excluding carboxylic acids is 2. The van der Waals surface area contributed by atoms with Gasteiger partial charge in [-0.15, -0.1) is 12.4 Å². The van der Waals surface area contributed by atoms with Gasteiger partial charge >= 0.3 is 6.18 Å². The Bertz CT molecular complexity index is 878. The zero-order valence-corrected chi connectivity index (χ0v) is 24.0. The van der Waals surface area contributed by atoms with Crippen LogP contribution in [0.15, 0.2) is 24.3 Å². The Hall–Kier alpha value is -2.12. The fraction of sp³-hybridized carbons (Fsp3) is 0.692. The third-order valence-corrected chi connectivity index (χ3v) is 6.52. The molecule has 0 aliphatic rings. The van der Waals surface area contributed by atoms with Gasteiger partial charge in [0.25, 0.3) is 11.8 Å². The summed E-state index contributed by atoms with van der Waals surface area (Å²) in [5.74, 6) is -1.37. The number of benzene rings is 1. The summed E-state index contributed by atoms with van der Waals surface area (Å²) in [5, 5.41) is 15.3. The van der Waals surface area contributed by atoms with Gasteiger partial charge in [-0.2, -0.15) is 13.2 Å². The molecular weight excluding hydrogens is 543 g/mol. The van der Waals surface area contributed by atoms with Crippen molar-refractivity contribution in [1.82, 2.24) is 10.6 Å². The summed E-state index contributed by atoms with van der Waals surface area (Å²) in [6.45, 7) is 5.31. The van der Waals surface area contributed by atoms with E-state index >= 15 is 0 Å². The molecule has 1 rings (SSSR count). The molecule has 0 aliphatic carbocycles. The van der Waals surface area contributed by atoms with E-state index in [2.05, 4.69) is 15.4 Å². The summed E-state index contributed by atoms with van der Waals surface area (Å²) in [5.41, 5.74) is 3.44. The number of nitrogens with one attached hydrogen (secondary N) is 2. The number of aliphatic hydroxyl groups excluding tert-OH is 1. The SMILES string of the molecule is COCCCCOc1ccccc1C(=O)NC[C@@H](C[C@H](N)[C@@H](O)CNC(=O)[C@](C)(OC)C(F)(F)F)C(C)C.Cl. The van der Waals surface area contributed by atoms with Crippen LogP contribution in [-0.2, 0) is 14.3 Å². The standard InChI is InChI=1S/C26H42F3N3O6.ClH/c1-17(2)18(14-20(30)21(33)16-32-24(35)25(3,37-5)26(27,28)29)15-31-23(34)19-10-6-7-11-22(19)38-13-9-8-12-36-4;/h6-7,10-11,17-18,20-21,33H,8-9,12-16,30H2,1-5H3,(H,31,34)(H,32,35);1H/t18-,20+,21+,25+;/m1./s1. The summed E-state index contributed by atoms with van der Waals surface area (Å²) < 4.78 is 54.7. The fourth-order valence-corrected chi connectivity index (χ4v) is 3.58. The van der Waals surface area contributed by atoms with Crippen molar-refractivity contribution in [2.75, 3.05) is 40.5 Å². The van der Waals surface area contributed by atoms with Crippen LogP contribution < -0.4 is 21.1 Å².